The van der Waals surface area contributed by atoms with Gasteiger partial charge < -0.3 is 10.6 Å². The molecule has 2 N–H and O–H groups in total. The van der Waals surface area contributed by atoms with Gasteiger partial charge in [0.15, 0.2) is 0 Å². The van der Waals surface area contributed by atoms with E-state index in [1.807, 2.05) is 25.1 Å². The van der Waals surface area contributed by atoms with Gasteiger partial charge in [-0.3, -0.25) is 14.9 Å². The SMILES string of the molecule is Cc1nc2ccc(NCC(=O)Nc3ccc(C)c([N+](=O)[O-])c3)cc2s1. The van der Waals surface area contributed by atoms with Crippen molar-refractivity contribution in [2.24, 2.45) is 0 Å². The minimum absolute atomic E-state index is 0.0169. The summed E-state index contributed by atoms with van der Waals surface area (Å²) in [4.78, 5) is 27.0. The number of carbonyl (C=O) groups excluding carboxylic acids is 1. The van der Waals surface area contributed by atoms with E-state index in [9.17, 15) is 14.9 Å². The van der Waals surface area contributed by atoms with Gasteiger partial charge in [0.1, 0.15) is 0 Å². The average molecular weight is 356 g/mol. The molecule has 0 saturated carbocycles. The van der Waals surface area contributed by atoms with Crippen LogP contribution in [0.1, 0.15) is 10.6 Å². The van der Waals surface area contributed by atoms with Crippen molar-refractivity contribution >= 4 is 44.5 Å². The number of amides is 1. The number of benzene rings is 2. The molecule has 3 aromatic rings. The van der Waals surface area contributed by atoms with E-state index in [1.165, 1.54) is 6.07 Å². The molecule has 1 heterocycles. The lowest BCUT2D eigenvalue weighted by molar-refractivity contribution is -0.385. The third-order valence-electron chi connectivity index (χ3n) is 3.64. The maximum Gasteiger partial charge on any atom is 0.274 e. The molecule has 0 aliphatic carbocycles. The number of carbonyl (C=O) groups is 1. The normalized spacial score (nSPS) is 10.6. The fourth-order valence-electron chi connectivity index (χ4n) is 2.42. The number of nitro benzene ring substituents is 1. The first-order chi connectivity index (χ1) is 11.9. The number of thiazole rings is 1. The highest BCUT2D eigenvalue weighted by atomic mass is 32.1. The van der Waals surface area contributed by atoms with E-state index in [2.05, 4.69) is 15.6 Å². The van der Waals surface area contributed by atoms with Gasteiger partial charge in [0.05, 0.1) is 26.7 Å². The van der Waals surface area contributed by atoms with Crippen LogP contribution < -0.4 is 10.6 Å². The van der Waals surface area contributed by atoms with Crippen molar-refractivity contribution in [2.75, 3.05) is 17.2 Å². The summed E-state index contributed by atoms with van der Waals surface area (Å²) < 4.78 is 1.05. The number of anilines is 2. The zero-order chi connectivity index (χ0) is 18.0. The molecular weight excluding hydrogens is 340 g/mol. The van der Waals surface area contributed by atoms with Crippen LogP contribution >= 0.6 is 11.3 Å². The lowest BCUT2D eigenvalue weighted by Crippen LogP contribution is -2.21. The van der Waals surface area contributed by atoms with Gasteiger partial charge in [0, 0.05) is 23.0 Å². The minimum Gasteiger partial charge on any atom is -0.376 e. The van der Waals surface area contributed by atoms with Crippen LogP contribution in [0.25, 0.3) is 10.2 Å². The number of hydrogen-bond donors (Lipinski definition) is 2. The fourth-order valence-corrected chi connectivity index (χ4v) is 3.29. The lowest BCUT2D eigenvalue weighted by Gasteiger charge is -2.08. The molecule has 0 spiro atoms. The van der Waals surface area contributed by atoms with E-state index in [-0.39, 0.29) is 18.1 Å². The Morgan fingerprint density at radius 1 is 1.20 bits per heavy atom. The third kappa shape index (κ3) is 3.92. The van der Waals surface area contributed by atoms with Gasteiger partial charge in [-0.25, -0.2) is 4.98 Å². The molecule has 8 heteroatoms. The average Bonchev–Trinajstić information content (AvgIpc) is 2.93. The summed E-state index contributed by atoms with van der Waals surface area (Å²) in [5, 5.41) is 17.7. The summed E-state index contributed by atoms with van der Waals surface area (Å²) in [6, 6.07) is 10.3. The van der Waals surface area contributed by atoms with Crippen molar-refractivity contribution < 1.29 is 9.72 Å². The molecule has 1 amide bonds. The maximum absolute atomic E-state index is 12.1. The second kappa shape index (κ2) is 6.86. The highest BCUT2D eigenvalue weighted by molar-refractivity contribution is 7.18. The molecule has 3 rings (SSSR count). The summed E-state index contributed by atoms with van der Waals surface area (Å²) >= 11 is 1.59. The second-order valence-corrected chi connectivity index (χ2v) is 6.81. The van der Waals surface area contributed by atoms with E-state index in [1.54, 1.807) is 30.4 Å². The van der Waals surface area contributed by atoms with Crippen LogP contribution in [0.15, 0.2) is 36.4 Å². The number of rotatable bonds is 5. The number of aromatic nitrogens is 1. The number of nitro groups is 1. The molecule has 1 aromatic heterocycles. The first kappa shape index (κ1) is 16.8. The van der Waals surface area contributed by atoms with Gasteiger partial charge in [0.2, 0.25) is 5.91 Å². The Morgan fingerprint density at radius 2 is 1.96 bits per heavy atom. The Balaban J connectivity index is 1.64. The molecule has 0 aliphatic rings. The zero-order valence-corrected chi connectivity index (χ0v) is 14.5. The summed E-state index contributed by atoms with van der Waals surface area (Å²) in [7, 11) is 0. The van der Waals surface area contributed by atoms with Gasteiger partial charge in [-0.15, -0.1) is 11.3 Å². The van der Waals surface area contributed by atoms with E-state index < -0.39 is 4.92 Å². The monoisotopic (exact) mass is 356 g/mol. The van der Waals surface area contributed by atoms with Crippen molar-refractivity contribution in [3.8, 4) is 0 Å². The van der Waals surface area contributed by atoms with Gasteiger partial charge in [-0.05, 0) is 38.1 Å². The number of hydrogen-bond acceptors (Lipinski definition) is 6. The number of aryl methyl sites for hydroxylation is 2. The Labute approximate surface area is 147 Å². The molecule has 2 aromatic carbocycles. The van der Waals surface area contributed by atoms with Crippen LogP contribution in [0.3, 0.4) is 0 Å². The Hall–Kier alpha value is -3.00. The van der Waals surface area contributed by atoms with Gasteiger partial charge in [-0.2, -0.15) is 0 Å². The predicted octanol–water partition coefficient (Wildman–Crippen LogP) is 3.87. The summed E-state index contributed by atoms with van der Waals surface area (Å²) in [5.74, 6) is -0.279. The quantitative estimate of drug-likeness (QED) is 0.534. The van der Waals surface area contributed by atoms with E-state index in [0.29, 0.717) is 11.3 Å². The molecule has 0 fully saturated rings. The molecule has 0 bridgehead atoms. The highest BCUT2D eigenvalue weighted by Gasteiger charge is 2.12. The number of nitrogens with one attached hydrogen (secondary N) is 2. The van der Waals surface area contributed by atoms with Crippen molar-refractivity contribution in [2.45, 2.75) is 13.8 Å². The first-order valence-corrected chi connectivity index (χ1v) is 8.40. The van der Waals surface area contributed by atoms with Crippen LogP contribution in [-0.2, 0) is 4.79 Å². The zero-order valence-electron chi connectivity index (χ0n) is 13.7. The molecular formula is C17H16N4O3S. The van der Waals surface area contributed by atoms with Crippen LogP contribution in [0.5, 0.6) is 0 Å². The largest absolute Gasteiger partial charge is 0.376 e. The second-order valence-electron chi connectivity index (χ2n) is 5.58. The van der Waals surface area contributed by atoms with E-state index >= 15 is 0 Å². The van der Waals surface area contributed by atoms with Gasteiger partial charge >= 0.3 is 0 Å². The van der Waals surface area contributed by atoms with E-state index in [4.69, 9.17) is 0 Å². The van der Waals surface area contributed by atoms with E-state index in [0.717, 1.165) is 20.9 Å². The Morgan fingerprint density at radius 3 is 2.72 bits per heavy atom. The topological polar surface area (TPSA) is 97.2 Å². The third-order valence-corrected chi connectivity index (χ3v) is 4.57. The lowest BCUT2D eigenvalue weighted by atomic mass is 10.2. The number of nitrogens with zero attached hydrogens (tertiary/aromatic N) is 2. The molecule has 0 atom stereocenters. The molecule has 0 aliphatic heterocycles. The number of fused-ring (bicyclic) bond motifs is 1. The van der Waals surface area contributed by atoms with Crippen LogP contribution in [0.4, 0.5) is 17.1 Å². The fraction of sp³-hybridized carbons (Fsp3) is 0.176. The summed E-state index contributed by atoms with van der Waals surface area (Å²) in [6.45, 7) is 3.67. The minimum atomic E-state index is -0.463. The summed E-state index contributed by atoms with van der Waals surface area (Å²) in [6.07, 6.45) is 0. The van der Waals surface area contributed by atoms with Crippen molar-refractivity contribution in [3.05, 3.63) is 57.1 Å². The van der Waals surface area contributed by atoms with Gasteiger partial charge in [-0.1, -0.05) is 6.07 Å². The van der Waals surface area contributed by atoms with Gasteiger partial charge in [0.25, 0.3) is 5.69 Å². The summed E-state index contributed by atoms with van der Waals surface area (Å²) in [5.41, 5.74) is 2.69. The first-order valence-electron chi connectivity index (χ1n) is 7.58. The molecule has 128 valence electrons. The van der Waals surface area contributed by atoms with Crippen molar-refractivity contribution in [3.63, 3.8) is 0 Å². The molecule has 0 saturated heterocycles. The standard InChI is InChI=1S/C17H16N4O3S/c1-10-3-4-13(7-15(10)21(23)24)20-17(22)9-18-12-5-6-14-16(8-12)25-11(2)19-14/h3-8,18H,9H2,1-2H3,(H,20,22). The van der Waals surface area contributed by atoms with Crippen LogP contribution in [0, 0.1) is 24.0 Å². The van der Waals surface area contributed by atoms with Crippen molar-refractivity contribution in [1.29, 1.82) is 0 Å². The Kier molecular flexibility index (Phi) is 4.62. The molecule has 25 heavy (non-hydrogen) atoms. The maximum atomic E-state index is 12.1. The molecule has 7 nitrogen and oxygen atoms in total. The smallest absolute Gasteiger partial charge is 0.274 e. The van der Waals surface area contributed by atoms with Crippen molar-refractivity contribution in [1.82, 2.24) is 4.98 Å². The predicted molar refractivity (Wildman–Crippen MR) is 99.3 cm³/mol. The Bertz CT molecular complexity index is 968. The van der Waals surface area contributed by atoms with Crippen LogP contribution in [-0.4, -0.2) is 22.4 Å². The van der Waals surface area contributed by atoms with Crippen LogP contribution in [0.2, 0.25) is 0 Å². The highest BCUT2D eigenvalue weighted by Crippen LogP contribution is 2.25. The molecule has 0 unspecified atom stereocenters. The molecule has 0 radical (unpaired) electrons.